The monoisotopic (exact) mass is 303 g/mol. The lowest BCUT2D eigenvalue weighted by Crippen LogP contribution is -2.15. The number of carbonyl (C=O) groups excluding carboxylic acids is 1. The molecule has 3 rings (SSSR count). The standard InChI is InChI=1S/C13H13FN2.C4H9NO/c1-3-8-4-5-9-11(14)6-12-10(13(8)9)7-16(2)15-12;1-3-4(6)5-2/h3,6-7H,4-5H2,1-2H3;3H2,1-2H3,(H,5,6)/b8-3+;. The number of hydrogen-bond donors (Lipinski definition) is 1. The molecule has 1 N–H and O–H groups in total. The first-order valence-electron chi connectivity index (χ1n) is 7.52. The van der Waals surface area contributed by atoms with Crippen LogP contribution >= 0.6 is 0 Å². The van der Waals surface area contributed by atoms with Gasteiger partial charge in [0, 0.05) is 38.2 Å². The highest BCUT2D eigenvalue weighted by Crippen LogP contribution is 2.38. The number of carbonyl (C=O) groups is 1. The summed E-state index contributed by atoms with van der Waals surface area (Å²) in [4.78, 5) is 10.1. The average Bonchev–Trinajstić information content (AvgIpc) is 3.09. The van der Waals surface area contributed by atoms with Gasteiger partial charge in [-0.15, -0.1) is 0 Å². The van der Waals surface area contributed by atoms with Gasteiger partial charge in [-0.05, 0) is 36.5 Å². The fraction of sp³-hybridized carbons (Fsp3) is 0.412. The summed E-state index contributed by atoms with van der Waals surface area (Å²) in [6.07, 6.45) is 6.39. The molecule has 1 aromatic heterocycles. The molecule has 0 fully saturated rings. The topological polar surface area (TPSA) is 46.9 Å². The van der Waals surface area contributed by atoms with E-state index in [4.69, 9.17) is 0 Å². The predicted octanol–water partition coefficient (Wildman–Crippen LogP) is 3.20. The summed E-state index contributed by atoms with van der Waals surface area (Å²) in [5.41, 5.74) is 3.92. The van der Waals surface area contributed by atoms with Crippen molar-refractivity contribution < 1.29 is 9.18 Å². The highest BCUT2D eigenvalue weighted by Gasteiger charge is 2.23. The highest BCUT2D eigenvalue weighted by atomic mass is 19.1. The van der Waals surface area contributed by atoms with Gasteiger partial charge in [-0.2, -0.15) is 5.10 Å². The van der Waals surface area contributed by atoms with Gasteiger partial charge in [0.1, 0.15) is 5.82 Å². The number of hydrogen-bond acceptors (Lipinski definition) is 2. The minimum absolute atomic E-state index is 0.0926. The lowest BCUT2D eigenvalue weighted by atomic mass is 10.0. The summed E-state index contributed by atoms with van der Waals surface area (Å²) in [5, 5.41) is 7.82. The number of aromatic nitrogens is 2. The first kappa shape index (κ1) is 16.2. The Morgan fingerprint density at radius 1 is 1.50 bits per heavy atom. The van der Waals surface area contributed by atoms with Crippen LogP contribution in [0.15, 0.2) is 18.3 Å². The number of fused-ring (bicyclic) bond motifs is 3. The van der Waals surface area contributed by atoms with Gasteiger partial charge in [0.2, 0.25) is 5.91 Å². The van der Waals surface area contributed by atoms with Crippen molar-refractivity contribution >= 4 is 22.4 Å². The van der Waals surface area contributed by atoms with Crippen molar-refractivity contribution in [3.63, 3.8) is 0 Å². The fourth-order valence-electron chi connectivity index (χ4n) is 2.76. The van der Waals surface area contributed by atoms with Crippen molar-refractivity contribution in [2.45, 2.75) is 33.1 Å². The van der Waals surface area contributed by atoms with Crippen LogP contribution < -0.4 is 5.32 Å². The number of amides is 1. The summed E-state index contributed by atoms with van der Waals surface area (Å²) in [7, 11) is 3.50. The minimum Gasteiger partial charge on any atom is -0.359 e. The molecule has 1 amide bonds. The number of nitrogens with one attached hydrogen (secondary N) is 1. The second-order valence-electron chi connectivity index (χ2n) is 5.29. The molecule has 0 unspecified atom stereocenters. The van der Waals surface area contributed by atoms with E-state index in [1.165, 1.54) is 5.57 Å². The Labute approximate surface area is 130 Å². The maximum atomic E-state index is 13.9. The number of nitrogens with zero attached hydrogens (tertiary/aromatic N) is 2. The van der Waals surface area contributed by atoms with Crippen LogP contribution in [0.5, 0.6) is 0 Å². The van der Waals surface area contributed by atoms with Gasteiger partial charge >= 0.3 is 0 Å². The highest BCUT2D eigenvalue weighted by molar-refractivity contribution is 5.95. The molecule has 0 atom stereocenters. The Hall–Kier alpha value is -2.17. The van der Waals surface area contributed by atoms with Crippen LogP contribution in [-0.2, 0) is 18.3 Å². The van der Waals surface area contributed by atoms with Crippen molar-refractivity contribution in [2.75, 3.05) is 7.05 Å². The zero-order valence-electron chi connectivity index (χ0n) is 13.5. The van der Waals surface area contributed by atoms with Gasteiger partial charge in [0.05, 0.1) is 5.52 Å². The van der Waals surface area contributed by atoms with Crippen molar-refractivity contribution in [2.24, 2.45) is 7.05 Å². The van der Waals surface area contributed by atoms with Gasteiger partial charge in [-0.1, -0.05) is 13.0 Å². The fourth-order valence-corrected chi connectivity index (χ4v) is 2.76. The van der Waals surface area contributed by atoms with Gasteiger partial charge in [-0.25, -0.2) is 4.39 Å². The lowest BCUT2D eigenvalue weighted by Gasteiger charge is -2.03. The van der Waals surface area contributed by atoms with E-state index in [0.717, 1.165) is 34.9 Å². The molecule has 0 radical (unpaired) electrons. The van der Waals surface area contributed by atoms with Crippen molar-refractivity contribution in [1.29, 1.82) is 0 Å². The zero-order valence-corrected chi connectivity index (χ0v) is 13.5. The molecule has 2 aromatic rings. The molecule has 0 saturated carbocycles. The first-order chi connectivity index (χ1) is 10.5. The largest absolute Gasteiger partial charge is 0.359 e. The number of benzene rings is 1. The second kappa shape index (κ2) is 6.73. The molecule has 1 aliphatic carbocycles. The SMILES string of the molecule is C/C=C1\CCc2c(F)cc3nn(C)cc3c21.CCC(=O)NC. The Balaban J connectivity index is 0.000000254. The van der Waals surface area contributed by atoms with E-state index in [0.29, 0.717) is 6.42 Å². The molecule has 118 valence electrons. The predicted molar refractivity (Wildman–Crippen MR) is 87.0 cm³/mol. The molecule has 1 aliphatic rings. The van der Waals surface area contributed by atoms with Crippen molar-refractivity contribution in [1.82, 2.24) is 15.1 Å². The Morgan fingerprint density at radius 2 is 2.23 bits per heavy atom. The van der Waals surface area contributed by atoms with E-state index in [2.05, 4.69) is 16.5 Å². The summed E-state index contributed by atoms with van der Waals surface area (Å²) < 4.78 is 15.6. The summed E-state index contributed by atoms with van der Waals surface area (Å²) >= 11 is 0. The Morgan fingerprint density at radius 3 is 2.77 bits per heavy atom. The number of aryl methyl sites for hydroxylation is 1. The van der Waals surface area contributed by atoms with Crippen LogP contribution in [0.4, 0.5) is 4.39 Å². The maximum Gasteiger partial charge on any atom is 0.219 e. The van der Waals surface area contributed by atoms with Gasteiger partial charge in [-0.3, -0.25) is 9.48 Å². The van der Waals surface area contributed by atoms with Crippen LogP contribution in [0, 0.1) is 5.82 Å². The summed E-state index contributed by atoms with van der Waals surface area (Å²) in [6.45, 7) is 3.83. The molecular formula is C17H22FN3O. The molecular weight excluding hydrogens is 281 g/mol. The van der Waals surface area contributed by atoms with E-state index in [9.17, 15) is 9.18 Å². The summed E-state index contributed by atoms with van der Waals surface area (Å²) in [5.74, 6) is -0.0203. The lowest BCUT2D eigenvalue weighted by molar-refractivity contribution is -0.120. The normalized spacial score (nSPS) is 14.7. The quantitative estimate of drug-likeness (QED) is 0.879. The van der Waals surface area contributed by atoms with Gasteiger partial charge in [0.25, 0.3) is 0 Å². The zero-order chi connectivity index (χ0) is 16.3. The molecule has 5 heteroatoms. The van der Waals surface area contributed by atoms with E-state index in [1.807, 2.05) is 27.1 Å². The number of halogens is 1. The van der Waals surface area contributed by atoms with E-state index < -0.39 is 0 Å². The molecule has 4 nitrogen and oxygen atoms in total. The van der Waals surface area contributed by atoms with E-state index in [1.54, 1.807) is 17.8 Å². The third-order valence-corrected chi connectivity index (χ3v) is 3.89. The van der Waals surface area contributed by atoms with E-state index in [-0.39, 0.29) is 11.7 Å². The third kappa shape index (κ3) is 3.03. The Kier molecular flexibility index (Phi) is 4.96. The molecule has 0 spiro atoms. The van der Waals surface area contributed by atoms with Crippen LogP contribution in [0.25, 0.3) is 16.5 Å². The van der Waals surface area contributed by atoms with Crippen LogP contribution in [0.1, 0.15) is 37.8 Å². The van der Waals surface area contributed by atoms with E-state index >= 15 is 0 Å². The third-order valence-electron chi connectivity index (χ3n) is 3.89. The van der Waals surface area contributed by atoms with Crippen LogP contribution in [0.3, 0.4) is 0 Å². The molecule has 1 aromatic carbocycles. The number of allylic oxidation sites excluding steroid dienone is 2. The minimum atomic E-state index is -0.113. The van der Waals surface area contributed by atoms with Crippen molar-refractivity contribution in [3.8, 4) is 0 Å². The summed E-state index contributed by atoms with van der Waals surface area (Å²) in [6, 6.07) is 1.55. The van der Waals surface area contributed by atoms with Crippen LogP contribution in [0.2, 0.25) is 0 Å². The average molecular weight is 303 g/mol. The second-order valence-corrected chi connectivity index (χ2v) is 5.29. The smallest absolute Gasteiger partial charge is 0.219 e. The molecule has 0 aliphatic heterocycles. The number of rotatable bonds is 1. The Bertz CT molecular complexity index is 725. The van der Waals surface area contributed by atoms with Crippen molar-refractivity contribution in [3.05, 3.63) is 35.3 Å². The molecule has 22 heavy (non-hydrogen) atoms. The molecule has 0 saturated heterocycles. The van der Waals surface area contributed by atoms with Gasteiger partial charge in [0.15, 0.2) is 0 Å². The molecule has 1 heterocycles. The molecule has 0 bridgehead atoms. The van der Waals surface area contributed by atoms with Crippen LogP contribution in [-0.4, -0.2) is 22.7 Å². The maximum absolute atomic E-state index is 13.9. The first-order valence-corrected chi connectivity index (χ1v) is 7.52. The van der Waals surface area contributed by atoms with Gasteiger partial charge < -0.3 is 5.32 Å².